The van der Waals surface area contributed by atoms with Gasteiger partial charge < -0.3 is 10.1 Å². The van der Waals surface area contributed by atoms with Crippen molar-refractivity contribution < 1.29 is 9.53 Å². The van der Waals surface area contributed by atoms with Crippen molar-refractivity contribution in [1.82, 2.24) is 15.1 Å². The molecule has 1 fully saturated rings. The van der Waals surface area contributed by atoms with Gasteiger partial charge >= 0.3 is 0 Å². The Balaban J connectivity index is 0.000000224. The summed E-state index contributed by atoms with van der Waals surface area (Å²) >= 11 is 3.40. The van der Waals surface area contributed by atoms with Crippen molar-refractivity contribution in [1.29, 1.82) is 0 Å². The van der Waals surface area contributed by atoms with Gasteiger partial charge in [0.25, 0.3) is 6.47 Å². The fourth-order valence-corrected chi connectivity index (χ4v) is 2.03. The molecule has 0 spiro atoms. The third-order valence-electron chi connectivity index (χ3n) is 2.65. The third-order valence-corrected chi connectivity index (χ3v) is 3.06. The average Bonchev–Trinajstić information content (AvgIpc) is 2.76. The van der Waals surface area contributed by atoms with Crippen molar-refractivity contribution in [3.63, 3.8) is 0 Å². The molecule has 2 rings (SSSR count). The molecule has 2 heterocycles. The summed E-state index contributed by atoms with van der Waals surface area (Å²) < 4.78 is 7.68. The molecule has 0 amide bonds. The normalized spacial score (nSPS) is 16.4. The Morgan fingerprint density at radius 3 is 2.47 bits per heavy atom. The molecule has 0 bridgehead atoms. The summed E-state index contributed by atoms with van der Waals surface area (Å²) in [6.45, 7) is 8.15. The van der Waals surface area contributed by atoms with Crippen LogP contribution in [0.1, 0.15) is 39.7 Å². The topological polar surface area (TPSA) is 56.1 Å². The van der Waals surface area contributed by atoms with Crippen LogP contribution >= 0.6 is 15.9 Å². The average molecular weight is 332 g/mol. The van der Waals surface area contributed by atoms with Gasteiger partial charge in [-0.05, 0) is 62.6 Å². The smallest absolute Gasteiger partial charge is 0.293 e. The van der Waals surface area contributed by atoms with Crippen LogP contribution in [0, 0.1) is 0 Å². The number of halogens is 1. The number of nitrogens with zero attached hydrogens (tertiary/aromatic N) is 2. The zero-order valence-corrected chi connectivity index (χ0v) is 13.3. The number of rotatable bonds is 2. The van der Waals surface area contributed by atoms with E-state index in [9.17, 15) is 4.79 Å². The van der Waals surface area contributed by atoms with E-state index in [1.165, 1.54) is 12.8 Å². The summed E-state index contributed by atoms with van der Waals surface area (Å²) in [7, 11) is 0. The quantitative estimate of drug-likeness (QED) is 0.846. The van der Waals surface area contributed by atoms with Crippen LogP contribution in [0.15, 0.2) is 16.9 Å². The Hall–Kier alpha value is -0.880. The molecule has 0 radical (unpaired) electrons. The summed E-state index contributed by atoms with van der Waals surface area (Å²) in [5, 5.41) is 7.62. The first-order chi connectivity index (χ1) is 8.92. The highest BCUT2D eigenvalue weighted by molar-refractivity contribution is 9.10. The molecule has 1 aromatic heterocycles. The summed E-state index contributed by atoms with van der Waals surface area (Å²) in [5.74, 6) is 0. The third kappa shape index (κ3) is 6.73. The number of hydrogen-bond donors (Lipinski definition) is 1. The second-order valence-corrected chi connectivity index (χ2v) is 6.36. The predicted molar refractivity (Wildman–Crippen MR) is 78.0 cm³/mol. The Labute approximate surface area is 122 Å². The Bertz CT molecular complexity index is 381. The minimum absolute atomic E-state index is 0.318. The van der Waals surface area contributed by atoms with E-state index in [4.69, 9.17) is 0 Å². The second-order valence-electron chi connectivity index (χ2n) is 5.45. The van der Waals surface area contributed by atoms with Crippen molar-refractivity contribution in [3.8, 4) is 0 Å². The van der Waals surface area contributed by atoms with Gasteiger partial charge in [-0.15, -0.1) is 0 Å². The van der Waals surface area contributed by atoms with Gasteiger partial charge in [0, 0.05) is 6.20 Å². The molecule has 0 saturated carbocycles. The van der Waals surface area contributed by atoms with Crippen LogP contribution < -0.4 is 5.32 Å². The van der Waals surface area contributed by atoms with E-state index in [0.29, 0.717) is 12.5 Å². The van der Waals surface area contributed by atoms with Gasteiger partial charge in [-0.2, -0.15) is 5.10 Å². The zero-order chi connectivity index (χ0) is 14.3. The molecule has 1 saturated heterocycles. The largest absolute Gasteiger partial charge is 0.462 e. The van der Waals surface area contributed by atoms with E-state index in [1.807, 2.05) is 27.0 Å². The van der Waals surface area contributed by atoms with Crippen molar-refractivity contribution in [2.75, 3.05) is 13.1 Å². The number of carbonyl (C=O) groups excluding carboxylic acids is 1. The van der Waals surface area contributed by atoms with Crippen molar-refractivity contribution in [2.24, 2.45) is 0 Å². The van der Waals surface area contributed by atoms with Crippen LogP contribution in [0.4, 0.5) is 0 Å². The summed E-state index contributed by atoms with van der Waals surface area (Å²) in [6.07, 6.45) is 6.28. The summed E-state index contributed by atoms with van der Waals surface area (Å²) in [5.41, 5.74) is -0.318. The Kier molecular flexibility index (Phi) is 6.51. The molecule has 108 valence electrons. The van der Waals surface area contributed by atoms with E-state index < -0.39 is 0 Å². The highest BCUT2D eigenvalue weighted by Gasteiger charge is 2.14. The molecule has 1 N–H and O–H groups in total. The lowest BCUT2D eigenvalue weighted by atomic mass is 10.1. The van der Waals surface area contributed by atoms with E-state index in [2.05, 4.69) is 42.0 Å². The first kappa shape index (κ1) is 16.2. The van der Waals surface area contributed by atoms with Crippen LogP contribution in [0.2, 0.25) is 0 Å². The van der Waals surface area contributed by atoms with Crippen molar-refractivity contribution >= 4 is 22.4 Å². The Morgan fingerprint density at radius 2 is 2.11 bits per heavy atom. The monoisotopic (exact) mass is 331 g/mol. The number of aromatic nitrogens is 2. The lowest BCUT2D eigenvalue weighted by molar-refractivity contribution is -0.138. The molecular formula is C13H22BrN3O2. The van der Waals surface area contributed by atoms with Crippen molar-refractivity contribution in [3.05, 3.63) is 16.9 Å². The molecule has 0 atom stereocenters. The zero-order valence-electron chi connectivity index (χ0n) is 11.7. The minimum Gasteiger partial charge on any atom is -0.462 e. The van der Waals surface area contributed by atoms with E-state index >= 15 is 0 Å². The molecule has 1 aromatic rings. The van der Waals surface area contributed by atoms with E-state index in [-0.39, 0.29) is 5.60 Å². The maximum atomic E-state index is 9.60. The number of hydrogen-bond acceptors (Lipinski definition) is 4. The second kappa shape index (κ2) is 7.65. The molecule has 19 heavy (non-hydrogen) atoms. The van der Waals surface area contributed by atoms with Gasteiger partial charge in [-0.1, -0.05) is 0 Å². The first-order valence-electron chi connectivity index (χ1n) is 6.44. The molecule has 0 unspecified atom stereocenters. The molecule has 0 aliphatic carbocycles. The van der Waals surface area contributed by atoms with Gasteiger partial charge in [0.15, 0.2) is 0 Å². The van der Waals surface area contributed by atoms with Crippen LogP contribution in [-0.4, -0.2) is 34.9 Å². The number of piperidine rings is 1. The summed E-state index contributed by atoms with van der Waals surface area (Å²) in [4.78, 5) is 9.60. The van der Waals surface area contributed by atoms with Gasteiger partial charge in [0.1, 0.15) is 5.60 Å². The molecule has 6 heteroatoms. The van der Waals surface area contributed by atoms with Crippen LogP contribution in [0.3, 0.4) is 0 Å². The van der Waals surface area contributed by atoms with Crippen LogP contribution in [-0.2, 0) is 9.53 Å². The van der Waals surface area contributed by atoms with Crippen LogP contribution in [0.25, 0.3) is 0 Å². The SMILES string of the molecule is Brc1cnn(C2CCNCC2)c1.CC(C)(C)OC=O. The maximum Gasteiger partial charge on any atom is 0.293 e. The standard InChI is InChI=1S/C8H12BrN3.C5H10O2/c9-7-5-11-12(6-7)8-1-3-10-4-2-8;1-5(2,3)7-4-6/h5-6,8,10H,1-4H2;4H,1-3H3. The van der Waals surface area contributed by atoms with Gasteiger partial charge in [-0.3, -0.25) is 9.48 Å². The van der Waals surface area contributed by atoms with Gasteiger partial charge in [0.05, 0.1) is 16.7 Å². The number of ether oxygens (including phenoxy) is 1. The molecule has 0 aromatic carbocycles. The Morgan fingerprint density at radius 1 is 1.47 bits per heavy atom. The molecule has 1 aliphatic heterocycles. The fourth-order valence-electron chi connectivity index (χ4n) is 1.73. The highest BCUT2D eigenvalue weighted by Crippen LogP contribution is 2.19. The molecule has 1 aliphatic rings. The van der Waals surface area contributed by atoms with Crippen LogP contribution in [0.5, 0.6) is 0 Å². The van der Waals surface area contributed by atoms with E-state index in [1.54, 1.807) is 0 Å². The highest BCUT2D eigenvalue weighted by atomic mass is 79.9. The molecule has 5 nitrogen and oxygen atoms in total. The summed E-state index contributed by atoms with van der Waals surface area (Å²) in [6, 6.07) is 0.595. The number of nitrogens with one attached hydrogen (secondary N) is 1. The fraction of sp³-hybridized carbons (Fsp3) is 0.692. The van der Waals surface area contributed by atoms with Crippen molar-refractivity contribution in [2.45, 2.75) is 45.3 Å². The van der Waals surface area contributed by atoms with E-state index in [0.717, 1.165) is 17.6 Å². The molecular weight excluding hydrogens is 310 g/mol. The minimum atomic E-state index is -0.318. The maximum absolute atomic E-state index is 9.60. The lowest BCUT2D eigenvalue weighted by Gasteiger charge is -2.22. The number of carbonyl (C=O) groups is 1. The van der Waals surface area contributed by atoms with Gasteiger partial charge in [0.2, 0.25) is 0 Å². The first-order valence-corrected chi connectivity index (χ1v) is 7.23. The van der Waals surface area contributed by atoms with Gasteiger partial charge in [-0.25, -0.2) is 0 Å². The lowest BCUT2D eigenvalue weighted by Crippen LogP contribution is -2.29. The predicted octanol–water partition coefficient (Wildman–Crippen LogP) is 2.53.